The number of dihydropyridines is 1. The fraction of sp³-hybridized carbons (Fsp3) is 0.100. The summed E-state index contributed by atoms with van der Waals surface area (Å²) in [5.74, 6) is -1.97. The molecular weight excluding hydrogens is 362 g/mol. The number of carbonyl (C=O) groups excluding carboxylic acids is 1. The van der Waals surface area contributed by atoms with Crippen LogP contribution in [0.1, 0.15) is 24.0 Å². The van der Waals surface area contributed by atoms with Crippen molar-refractivity contribution in [1.82, 2.24) is 10.6 Å². The van der Waals surface area contributed by atoms with Gasteiger partial charge in [-0.15, -0.1) is 0 Å². The van der Waals surface area contributed by atoms with Gasteiger partial charge in [-0.05, 0) is 18.1 Å². The number of nitrogens with one attached hydrogen (secondary N) is 2. The van der Waals surface area contributed by atoms with E-state index in [1.165, 1.54) is 24.3 Å². The van der Waals surface area contributed by atoms with E-state index in [1.54, 1.807) is 31.2 Å². The molecule has 3 rings (SSSR count). The standard InChI is InChI=1S/C20H17N3O5/c1-12-18(21-11-24)16(13-7-9-15(10-8-13)23(27)28)17(20(25)26)19(22-12)14-5-3-2-4-6-14/h2-11,16,22H,1H3,(H,21,24)(H,25,26). The van der Waals surface area contributed by atoms with Gasteiger partial charge in [0, 0.05) is 23.5 Å². The van der Waals surface area contributed by atoms with Gasteiger partial charge in [0.1, 0.15) is 0 Å². The molecule has 3 N–H and O–H groups in total. The van der Waals surface area contributed by atoms with E-state index < -0.39 is 16.8 Å². The van der Waals surface area contributed by atoms with Crippen LogP contribution in [-0.2, 0) is 9.59 Å². The molecule has 0 aromatic heterocycles. The molecule has 1 aliphatic rings. The van der Waals surface area contributed by atoms with Crippen LogP contribution in [0.2, 0.25) is 0 Å². The first-order valence-electron chi connectivity index (χ1n) is 8.39. The van der Waals surface area contributed by atoms with E-state index in [4.69, 9.17) is 0 Å². The Morgan fingerprint density at radius 2 is 1.82 bits per heavy atom. The van der Waals surface area contributed by atoms with Gasteiger partial charge in [-0.25, -0.2) is 4.79 Å². The average Bonchev–Trinajstić information content (AvgIpc) is 2.69. The number of nitro groups is 1. The van der Waals surface area contributed by atoms with Crippen molar-refractivity contribution < 1.29 is 19.6 Å². The van der Waals surface area contributed by atoms with Gasteiger partial charge in [-0.3, -0.25) is 14.9 Å². The zero-order chi connectivity index (χ0) is 20.3. The largest absolute Gasteiger partial charge is 0.478 e. The third-order valence-electron chi connectivity index (χ3n) is 4.51. The second kappa shape index (κ2) is 7.75. The van der Waals surface area contributed by atoms with E-state index in [1.807, 2.05) is 6.07 Å². The minimum absolute atomic E-state index is 0.0370. The Kier molecular flexibility index (Phi) is 5.21. The summed E-state index contributed by atoms with van der Waals surface area (Å²) in [6, 6.07) is 14.6. The number of nitro benzene ring substituents is 1. The average molecular weight is 379 g/mol. The maximum atomic E-state index is 12.2. The van der Waals surface area contributed by atoms with Crippen molar-refractivity contribution in [3.8, 4) is 0 Å². The highest BCUT2D eigenvalue weighted by Gasteiger charge is 2.35. The Morgan fingerprint density at radius 1 is 1.18 bits per heavy atom. The Balaban J connectivity index is 2.23. The first kappa shape index (κ1) is 18.8. The molecule has 142 valence electrons. The molecule has 0 aliphatic carbocycles. The lowest BCUT2D eigenvalue weighted by Gasteiger charge is -2.31. The molecule has 2 aromatic rings. The Hall–Kier alpha value is -3.94. The number of carbonyl (C=O) groups is 2. The lowest BCUT2D eigenvalue weighted by Crippen LogP contribution is -2.33. The zero-order valence-corrected chi connectivity index (χ0v) is 14.9. The molecule has 0 spiro atoms. The van der Waals surface area contributed by atoms with Gasteiger partial charge in [0.05, 0.1) is 22.1 Å². The predicted octanol–water partition coefficient (Wildman–Crippen LogP) is 2.76. The van der Waals surface area contributed by atoms with Crippen molar-refractivity contribution >= 4 is 23.8 Å². The van der Waals surface area contributed by atoms with E-state index in [2.05, 4.69) is 10.6 Å². The molecule has 0 saturated carbocycles. The number of benzene rings is 2. The number of carboxylic acids is 1. The summed E-state index contributed by atoms with van der Waals surface area (Å²) in [7, 11) is 0. The molecule has 8 nitrogen and oxygen atoms in total. The number of amides is 1. The molecule has 0 bridgehead atoms. The van der Waals surface area contributed by atoms with Crippen LogP contribution in [0.25, 0.3) is 5.70 Å². The van der Waals surface area contributed by atoms with Crippen LogP contribution in [0.5, 0.6) is 0 Å². The van der Waals surface area contributed by atoms with Crippen LogP contribution in [-0.4, -0.2) is 22.4 Å². The Labute approximate surface area is 160 Å². The lowest BCUT2D eigenvalue weighted by molar-refractivity contribution is -0.384. The van der Waals surface area contributed by atoms with E-state index in [-0.39, 0.29) is 11.3 Å². The third kappa shape index (κ3) is 3.48. The van der Waals surface area contributed by atoms with Crippen LogP contribution < -0.4 is 10.6 Å². The number of carboxylic acid groups (broad SMARTS) is 1. The number of allylic oxidation sites excluding steroid dienone is 2. The summed E-state index contributed by atoms with van der Waals surface area (Å²) in [4.78, 5) is 33.8. The number of hydrogen-bond donors (Lipinski definition) is 3. The highest BCUT2D eigenvalue weighted by atomic mass is 16.6. The summed E-state index contributed by atoms with van der Waals surface area (Å²) in [5, 5.41) is 26.6. The second-order valence-corrected chi connectivity index (χ2v) is 6.17. The quantitative estimate of drug-likeness (QED) is 0.403. The van der Waals surface area contributed by atoms with Crippen molar-refractivity contribution in [2.24, 2.45) is 0 Å². The van der Waals surface area contributed by atoms with Gasteiger partial charge in [-0.1, -0.05) is 42.5 Å². The minimum Gasteiger partial charge on any atom is -0.478 e. The lowest BCUT2D eigenvalue weighted by atomic mass is 9.82. The summed E-state index contributed by atoms with van der Waals surface area (Å²) in [6.45, 7) is 1.73. The minimum atomic E-state index is -1.16. The number of hydrogen-bond acceptors (Lipinski definition) is 5. The van der Waals surface area contributed by atoms with Crippen LogP contribution in [0.3, 0.4) is 0 Å². The summed E-state index contributed by atoms with van der Waals surface area (Å²) in [5.41, 5.74) is 2.49. The molecule has 1 amide bonds. The fourth-order valence-electron chi connectivity index (χ4n) is 3.27. The van der Waals surface area contributed by atoms with Gasteiger partial charge < -0.3 is 15.7 Å². The van der Waals surface area contributed by atoms with Crippen molar-refractivity contribution in [3.05, 3.63) is 92.8 Å². The number of non-ortho nitro benzene ring substituents is 1. The highest BCUT2D eigenvalue weighted by molar-refractivity contribution is 5.99. The molecular formula is C20H17N3O5. The molecule has 0 fully saturated rings. The zero-order valence-electron chi connectivity index (χ0n) is 14.9. The fourth-order valence-corrected chi connectivity index (χ4v) is 3.27. The molecule has 8 heteroatoms. The van der Waals surface area contributed by atoms with Crippen molar-refractivity contribution in [1.29, 1.82) is 0 Å². The molecule has 0 saturated heterocycles. The summed E-state index contributed by atoms with van der Waals surface area (Å²) < 4.78 is 0. The smallest absolute Gasteiger partial charge is 0.334 e. The molecule has 2 aromatic carbocycles. The van der Waals surface area contributed by atoms with Crippen molar-refractivity contribution in [2.75, 3.05) is 0 Å². The van der Waals surface area contributed by atoms with Crippen LogP contribution in [0.4, 0.5) is 5.69 Å². The normalized spacial score (nSPS) is 16.4. The maximum absolute atomic E-state index is 12.2. The summed E-state index contributed by atoms with van der Waals surface area (Å²) >= 11 is 0. The Morgan fingerprint density at radius 3 is 2.36 bits per heavy atom. The topological polar surface area (TPSA) is 122 Å². The first-order chi connectivity index (χ1) is 13.4. The molecule has 28 heavy (non-hydrogen) atoms. The predicted molar refractivity (Wildman–Crippen MR) is 102 cm³/mol. The highest BCUT2D eigenvalue weighted by Crippen LogP contribution is 2.39. The molecule has 1 heterocycles. The van der Waals surface area contributed by atoms with E-state index in [0.29, 0.717) is 34.6 Å². The van der Waals surface area contributed by atoms with Gasteiger partial charge in [0.2, 0.25) is 6.41 Å². The number of rotatable bonds is 6. The SMILES string of the molecule is CC1=C(NC=O)C(c2ccc([N+](=O)[O-])cc2)C(C(=O)O)=C(c2ccccc2)N1. The Bertz CT molecular complexity index is 994. The molecule has 1 aliphatic heterocycles. The molecule has 0 radical (unpaired) electrons. The third-order valence-corrected chi connectivity index (χ3v) is 4.51. The van der Waals surface area contributed by atoms with Crippen molar-refractivity contribution in [3.63, 3.8) is 0 Å². The maximum Gasteiger partial charge on any atom is 0.334 e. The second-order valence-electron chi connectivity index (χ2n) is 6.17. The molecule has 1 unspecified atom stereocenters. The number of aliphatic carboxylic acids is 1. The van der Waals surface area contributed by atoms with Crippen molar-refractivity contribution in [2.45, 2.75) is 12.8 Å². The van der Waals surface area contributed by atoms with Crippen LogP contribution in [0, 0.1) is 10.1 Å². The molecule has 1 atom stereocenters. The van der Waals surface area contributed by atoms with E-state index >= 15 is 0 Å². The van der Waals surface area contributed by atoms with Gasteiger partial charge in [0.25, 0.3) is 5.69 Å². The first-order valence-corrected chi connectivity index (χ1v) is 8.39. The van der Waals surface area contributed by atoms with E-state index in [0.717, 1.165) is 0 Å². The summed E-state index contributed by atoms with van der Waals surface area (Å²) in [6.07, 6.45) is 0.478. The van der Waals surface area contributed by atoms with Crippen LogP contribution >= 0.6 is 0 Å². The van der Waals surface area contributed by atoms with Gasteiger partial charge in [-0.2, -0.15) is 0 Å². The van der Waals surface area contributed by atoms with Crippen LogP contribution in [0.15, 0.2) is 71.6 Å². The number of nitrogens with zero attached hydrogens (tertiary/aromatic N) is 1. The monoisotopic (exact) mass is 379 g/mol. The van der Waals surface area contributed by atoms with E-state index in [9.17, 15) is 24.8 Å². The van der Waals surface area contributed by atoms with Gasteiger partial charge >= 0.3 is 5.97 Å². The van der Waals surface area contributed by atoms with Gasteiger partial charge in [0.15, 0.2) is 0 Å².